The number of hydrogen-bond donors (Lipinski definition) is 1. The molecule has 0 spiro atoms. The Labute approximate surface area is 227 Å². The zero-order valence-corrected chi connectivity index (χ0v) is 22.4. The van der Waals surface area contributed by atoms with Crippen LogP contribution in [0.2, 0.25) is 0 Å². The summed E-state index contributed by atoms with van der Waals surface area (Å²) in [5.41, 5.74) is 4.29. The molecule has 0 saturated heterocycles. The molecule has 0 amide bonds. The van der Waals surface area contributed by atoms with Gasteiger partial charge >= 0.3 is 5.97 Å². The third kappa shape index (κ3) is 6.36. The summed E-state index contributed by atoms with van der Waals surface area (Å²) in [7, 11) is 1.52. The van der Waals surface area contributed by atoms with Crippen LogP contribution in [0.4, 0.5) is 0 Å². The summed E-state index contributed by atoms with van der Waals surface area (Å²) in [5, 5.41) is 11.6. The van der Waals surface area contributed by atoms with Crippen LogP contribution in [-0.4, -0.2) is 44.1 Å². The minimum Gasteiger partial charge on any atom is -0.507 e. The van der Waals surface area contributed by atoms with E-state index in [1.54, 1.807) is 31.2 Å². The molecular formula is C31H34O8. The number of allylic oxidation sites excluding steroid dienone is 4. The average Bonchev–Trinajstić information content (AvgIpc) is 3.76. The SMILES string of the molecule is C=C=CCc1c(O)c(CC=C)c2oc(C3=CC=C(OC)C(OCC(=O)OCC)C3)cc(=O)c2c1OCC1CC1. The van der Waals surface area contributed by atoms with Crippen molar-refractivity contribution in [1.29, 1.82) is 0 Å². The summed E-state index contributed by atoms with van der Waals surface area (Å²) in [4.78, 5) is 25.5. The van der Waals surface area contributed by atoms with Gasteiger partial charge in [-0.15, -0.1) is 12.3 Å². The highest BCUT2D eigenvalue weighted by Gasteiger charge is 2.29. The van der Waals surface area contributed by atoms with Crippen molar-refractivity contribution in [3.05, 3.63) is 82.1 Å². The molecule has 4 rings (SSSR count). The first kappa shape index (κ1) is 28.0. The number of phenolic OH excluding ortho intramolecular Hbond substituents is 1. The Hall–Kier alpha value is -4.00. The molecule has 1 unspecified atom stereocenters. The van der Waals surface area contributed by atoms with E-state index >= 15 is 0 Å². The lowest BCUT2D eigenvalue weighted by molar-refractivity contribution is -0.150. The van der Waals surface area contributed by atoms with E-state index in [9.17, 15) is 14.7 Å². The molecule has 2 aromatic rings. The van der Waals surface area contributed by atoms with Crippen molar-refractivity contribution in [1.82, 2.24) is 0 Å². The maximum atomic E-state index is 13.7. The molecule has 1 heterocycles. The highest BCUT2D eigenvalue weighted by Crippen LogP contribution is 2.42. The molecule has 2 aliphatic carbocycles. The van der Waals surface area contributed by atoms with Crippen molar-refractivity contribution in [2.75, 3.05) is 26.9 Å². The third-order valence-corrected chi connectivity index (χ3v) is 6.69. The minimum absolute atomic E-state index is 0.00479. The number of rotatable bonds is 13. The normalized spacial score (nSPS) is 16.6. The van der Waals surface area contributed by atoms with E-state index < -0.39 is 12.1 Å². The van der Waals surface area contributed by atoms with Gasteiger partial charge in [-0.25, -0.2) is 4.79 Å². The molecule has 1 fully saturated rings. The number of carbonyl (C=O) groups excluding carboxylic acids is 1. The first-order chi connectivity index (χ1) is 18.9. The van der Waals surface area contributed by atoms with Gasteiger partial charge in [0.25, 0.3) is 0 Å². The second kappa shape index (κ2) is 12.7. The average molecular weight is 535 g/mol. The van der Waals surface area contributed by atoms with E-state index in [1.165, 1.54) is 13.2 Å². The molecule has 1 atom stereocenters. The maximum Gasteiger partial charge on any atom is 0.332 e. The summed E-state index contributed by atoms with van der Waals surface area (Å²) in [6.07, 6.45) is 9.27. The van der Waals surface area contributed by atoms with Crippen molar-refractivity contribution in [2.24, 2.45) is 5.92 Å². The van der Waals surface area contributed by atoms with Gasteiger partial charge < -0.3 is 28.5 Å². The van der Waals surface area contributed by atoms with Gasteiger partial charge in [-0.2, -0.15) is 0 Å². The summed E-state index contributed by atoms with van der Waals surface area (Å²) < 4.78 is 28.6. The first-order valence-corrected chi connectivity index (χ1v) is 13.1. The van der Waals surface area contributed by atoms with E-state index in [0.717, 1.165) is 12.8 Å². The van der Waals surface area contributed by atoms with Crippen molar-refractivity contribution in [3.63, 3.8) is 0 Å². The largest absolute Gasteiger partial charge is 0.507 e. The number of fused-ring (bicyclic) bond motifs is 1. The molecule has 1 aromatic carbocycles. The van der Waals surface area contributed by atoms with E-state index in [-0.39, 0.29) is 41.8 Å². The molecule has 0 aliphatic heterocycles. The Morgan fingerprint density at radius 2 is 2.05 bits per heavy atom. The number of aromatic hydroxyl groups is 1. The molecule has 8 nitrogen and oxygen atoms in total. The van der Waals surface area contributed by atoms with Crippen LogP contribution < -0.4 is 10.2 Å². The fourth-order valence-corrected chi connectivity index (χ4v) is 4.52. The topological polar surface area (TPSA) is 104 Å². The zero-order valence-electron chi connectivity index (χ0n) is 22.4. The van der Waals surface area contributed by atoms with Gasteiger partial charge in [-0.1, -0.05) is 18.7 Å². The Bertz CT molecular complexity index is 1420. The lowest BCUT2D eigenvalue weighted by Crippen LogP contribution is -2.24. The fourth-order valence-electron chi connectivity index (χ4n) is 4.52. The van der Waals surface area contributed by atoms with Crippen LogP contribution >= 0.6 is 0 Å². The molecule has 1 N–H and O–H groups in total. The fraction of sp³-hybridized carbons (Fsp3) is 0.387. The van der Waals surface area contributed by atoms with Crippen molar-refractivity contribution >= 4 is 22.5 Å². The second-order valence-corrected chi connectivity index (χ2v) is 9.45. The van der Waals surface area contributed by atoms with Gasteiger partial charge in [0, 0.05) is 30.0 Å². The molecule has 206 valence electrons. The van der Waals surface area contributed by atoms with Gasteiger partial charge in [-0.05, 0) is 49.8 Å². The number of carbonyl (C=O) groups is 1. The second-order valence-electron chi connectivity index (χ2n) is 9.45. The predicted octanol–water partition coefficient (Wildman–Crippen LogP) is 5.17. The lowest BCUT2D eigenvalue weighted by atomic mass is 9.95. The van der Waals surface area contributed by atoms with E-state index in [2.05, 4.69) is 18.9 Å². The first-order valence-electron chi connectivity index (χ1n) is 13.1. The summed E-state index contributed by atoms with van der Waals surface area (Å²) >= 11 is 0. The standard InChI is InChI=1S/C31H34O8/c1-5-8-10-22-29(34)21(9-6-2)31-28(30(22)38-17-19-11-12-19)23(32)16-25(39-31)20-13-14-24(35-4)26(15-20)37-18-27(33)36-7-3/h6,8,13-14,16,19,26,34H,1-2,7,9-12,15,17-18H2,3-4H3. The van der Waals surface area contributed by atoms with Crippen LogP contribution in [0.15, 0.2) is 64.2 Å². The smallest absolute Gasteiger partial charge is 0.332 e. The van der Waals surface area contributed by atoms with E-state index in [1.807, 2.05) is 0 Å². The van der Waals surface area contributed by atoms with Gasteiger partial charge in [0.15, 0.2) is 5.43 Å². The van der Waals surface area contributed by atoms with Crippen LogP contribution in [-0.2, 0) is 31.8 Å². The molecular weight excluding hydrogens is 500 g/mol. The van der Waals surface area contributed by atoms with Crippen LogP contribution in [0, 0.1) is 5.92 Å². The molecule has 8 heteroatoms. The predicted molar refractivity (Wildman–Crippen MR) is 148 cm³/mol. The number of hydrogen-bond acceptors (Lipinski definition) is 8. The van der Waals surface area contributed by atoms with Crippen molar-refractivity contribution in [2.45, 2.75) is 45.1 Å². The van der Waals surface area contributed by atoms with Crippen LogP contribution in [0.5, 0.6) is 11.5 Å². The Morgan fingerprint density at radius 3 is 2.72 bits per heavy atom. The van der Waals surface area contributed by atoms with Crippen molar-refractivity contribution in [3.8, 4) is 11.5 Å². The quantitative estimate of drug-likeness (QED) is 0.213. The summed E-state index contributed by atoms with van der Waals surface area (Å²) in [6.45, 7) is 9.62. The highest BCUT2D eigenvalue weighted by molar-refractivity contribution is 5.91. The number of ether oxygens (including phenoxy) is 4. The Balaban J connectivity index is 1.80. The van der Waals surface area contributed by atoms with Gasteiger partial charge in [0.2, 0.25) is 0 Å². The zero-order chi connectivity index (χ0) is 27.9. The highest BCUT2D eigenvalue weighted by atomic mass is 16.6. The number of esters is 1. The third-order valence-electron chi connectivity index (χ3n) is 6.69. The molecule has 0 radical (unpaired) electrons. The lowest BCUT2D eigenvalue weighted by Gasteiger charge is -2.24. The monoisotopic (exact) mass is 534 g/mol. The van der Waals surface area contributed by atoms with Crippen LogP contribution in [0.25, 0.3) is 16.5 Å². The Morgan fingerprint density at radius 1 is 1.26 bits per heavy atom. The van der Waals surface area contributed by atoms with E-state index in [4.69, 9.17) is 23.4 Å². The van der Waals surface area contributed by atoms with Gasteiger partial charge in [0.05, 0.1) is 20.3 Å². The van der Waals surface area contributed by atoms with Crippen LogP contribution in [0.1, 0.15) is 43.1 Å². The molecule has 1 aromatic heterocycles. The number of phenols is 1. The maximum absolute atomic E-state index is 13.7. The number of benzene rings is 1. The minimum atomic E-state index is -0.577. The number of methoxy groups -OCH3 is 1. The van der Waals surface area contributed by atoms with Gasteiger partial charge in [-0.3, -0.25) is 4.79 Å². The molecule has 1 saturated carbocycles. The van der Waals surface area contributed by atoms with E-state index in [0.29, 0.717) is 59.3 Å². The van der Waals surface area contributed by atoms with Gasteiger partial charge in [0.1, 0.15) is 46.7 Å². The van der Waals surface area contributed by atoms with Crippen LogP contribution in [0.3, 0.4) is 0 Å². The molecule has 2 aliphatic rings. The Kier molecular flexibility index (Phi) is 9.12. The summed E-state index contributed by atoms with van der Waals surface area (Å²) in [6, 6.07) is 1.42. The molecule has 0 bridgehead atoms. The van der Waals surface area contributed by atoms with Crippen molar-refractivity contribution < 1.29 is 33.3 Å². The molecule has 39 heavy (non-hydrogen) atoms. The summed E-state index contributed by atoms with van der Waals surface area (Å²) in [5.74, 6) is 1.13.